The maximum absolute atomic E-state index is 5.42. The molecule has 54 heavy (non-hydrogen) atoms. The van der Waals surface area contributed by atoms with Gasteiger partial charge in [0.1, 0.15) is 0 Å². The number of hydrogen-bond donors (Lipinski definition) is 0. The Morgan fingerprint density at radius 1 is 0.296 bits per heavy atom. The third-order valence-corrected chi connectivity index (χ3v) is 10.8. The number of benzene rings is 8. The minimum absolute atomic E-state index is 0.644. The zero-order chi connectivity index (χ0) is 35.6. The van der Waals surface area contributed by atoms with Gasteiger partial charge in [0.25, 0.3) is 0 Å². The van der Waals surface area contributed by atoms with Crippen molar-refractivity contribution in [1.82, 2.24) is 19.1 Å². The number of nitrogens with zero attached hydrogens (tertiary/aromatic N) is 4. The van der Waals surface area contributed by atoms with Crippen molar-refractivity contribution >= 4 is 54.5 Å². The summed E-state index contributed by atoms with van der Waals surface area (Å²) in [6, 6.07) is 69.0. The van der Waals surface area contributed by atoms with Gasteiger partial charge in [-0.1, -0.05) is 146 Å². The Hall–Kier alpha value is -7.30. The molecule has 0 saturated heterocycles. The lowest BCUT2D eigenvalue weighted by Gasteiger charge is -2.14. The molecule has 252 valence electrons. The minimum atomic E-state index is 0.644. The summed E-state index contributed by atoms with van der Waals surface area (Å²) in [5.74, 6) is 0.644. The van der Waals surface area contributed by atoms with Crippen LogP contribution in [0.5, 0.6) is 0 Å². The molecule has 3 aromatic heterocycles. The van der Waals surface area contributed by atoms with Crippen molar-refractivity contribution in [2.24, 2.45) is 0 Å². The number of para-hydroxylation sites is 3. The Morgan fingerprint density at radius 3 is 1.43 bits per heavy atom. The van der Waals surface area contributed by atoms with Crippen LogP contribution in [-0.2, 0) is 0 Å². The topological polar surface area (TPSA) is 35.6 Å². The summed E-state index contributed by atoms with van der Waals surface area (Å²) in [7, 11) is 0. The van der Waals surface area contributed by atoms with Gasteiger partial charge in [-0.15, -0.1) is 0 Å². The second-order valence-electron chi connectivity index (χ2n) is 13.8. The Balaban J connectivity index is 1.15. The van der Waals surface area contributed by atoms with E-state index in [0.29, 0.717) is 5.95 Å². The second-order valence-corrected chi connectivity index (χ2v) is 13.8. The van der Waals surface area contributed by atoms with Crippen molar-refractivity contribution in [3.8, 4) is 45.1 Å². The summed E-state index contributed by atoms with van der Waals surface area (Å²) in [6.07, 6.45) is 0. The van der Waals surface area contributed by atoms with Gasteiger partial charge >= 0.3 is 0 Å². The predicted octanol–water partition coefficient (Wildman–Crippen LogP) is 12.8. The molecule has 11 aromatic rings. The normalized spacial score (nSPS) is 11.7. The van der Waals surface area contributed by atoms with Crippen molar-refractivity contribution in [3.05, 3.63) is 194 Å². The summed E-state index contributed by atoms with van der Waals surface area (Å²) >= 11 is 0. The van der Waals surface area contributed by atoms with Gasteiger partial charge in [0.15, 0.2) is 0 Å². The second kappa shape index (κ2) is 12.1. The molecule has 0 unspecified atom stereocenters. The predicted molar refractivity (Wildman–Crippen MR) is 225 cm³/mol. The van der Waals surface area contributed by atoms with E-state index in [1.54, 1.807) is 0 Å². The van der Waals surface area contributed by atoms with Crippen LogP contribution in [0.15, 0.2) is 194 Å². The SMILES string of the molecule is c1ccc(-c2ccc(-c3nc(-n4c5ccccc5c5cc(-n6c7ccccc7c7ccccc76)ccc54)nc4cc(-c5ccccc5)ccc34)cc2)cc1. The van der Waals surface area contributed by atoms with Gasteiger partial charge < -0.3 is 4.57 Å². The van der Waals surface area contributed by atoms with Crippen LogP contribution < -0.4 is 0 Å². The first-order valence-electron chi connectivity index (χ1n) is 18.3. The highest BCUT2D eigenvalue weighted by atomic mass is 15.2. The van der Waals surface area contributed by atoms with E-state index >= 15 is 0 Å². The molecule has 0 saturated carbocycles. The van der Waals surface area contributed by atoms with Crippen LogP contribution in [0.1, 0.15) is 0 Å². The lowest BCUT2D eigenvalue weighted by molar-refractivity contribution is 1.01. The first kappa shape index (κ1) is 30.3. The highest BCUT2D eigenvalue weighted by molar-refractivity contribution is 6.12. The van der Waals surface area contributed by atoms with Crippen molar-refractivity contribution < 1.29 is 0 Å². The summed E-state index contributed by atoms with van der Waals surface area (Å²) < 4.78 is 4.61. The van der Waals surface area contributed by atoms with E-state index in [1.165, 1.54) is 32.9 Å². The van der Waals surface area contributed by atoms with Gasteiger partial charge in [0.2, 0.25) is 5.95 Å². The molecule has 4 nitrogen and oxygen atoms in total. The fraction of sp³-hybridized carbons (Fsp3) is 0. The van der Waals surface area contributed by atoms with E-state index in [0.717, 1.165) is 60.8 Å². The van der Waals surface area contributed by atoms with Gasteiger partial charge in [0.05, 0.1) is 33.3 Å². The van der Waals surface area contributed by atoms with Crippen molar-refractivity contribution in [2.45, 2.75) is 0 Å². The zero-order valence-corrected chi connectivity index (χ0v) is 29.3. The summed E-state index contributed by atoms with van der Waals surface area (Å²) in [6.45, 7) is 0. The average molecular weight is 689 g/mol. The van der Waals surface area contributed by atoms with Crippen LogP contribution in [0.3, 0.4) is 0 Å². The Morgan fingerprint density at radius 2 is 0.778 bits per heavy atom. The smallest absolute Gasteiger partial charge is 0.235 e. The molecular weight excluding hydrogens is 657 g/mol. The number of fused-ring (bicyclic) bond motifs is 7. The van der Waals surface area contributed by atoms with Crippen LogP contribution in [0, 0.1) is 0 Å². The molecule has 0 aliphatic rings. The van der Waals surface area contributed by atoms with E-state index in [-0.39, 0.29) is 0 Å². The van der Waals surface area contributed by atoms with E-state index in [2.05, 4.69) is 203 Å². The molecule has 0 amide bonds. The van der Waals surface area contributed by atoms with Crippen LogP contribution in [0.2, 0.25) is 0 Å². The molecule has 0 spiro atoms. The van der Waals surface area contributed by atoms with Gasteiger partial charge in [-0.25, -0.2) is 9.97 Å². The van der Waals surface area contributed by atoms with Gasteiger partial charge in [-0.2, -0.15) is 0 Å². The van der Waals surface area contributed by atoms with Crippen LogP contribution in [-0.4, -0.2) is 19.1 Å². The molecule has 0 aliphatic heterocycles. The maximum atomic E-state index is 5.42. The lowest BCUT2D eigenvalue weighted by atomic mass is 9.99. The van der Waals surface area contributed by atoms with Crippen molar-refractivity contribution in [3.63, 3.8) is 0 Å². The van der Waals surface area contributed by atoms with Crippen LogP contribution in [0.25, 0.3) is 99.7 Å². The highest BCUT2D eigenvalue weighted by Gasteiger charge is 2.19. The number of rotatable bonds is 5. The van der Waals surface area contributed by atoms with Crippen LogP contribution >= 0.6 is 0 Å². The van der Waals surface area contributed by atoms with E-state index < -0.39 is 0 Å². The largest absolute Gasteiger partial charge is 0.309 e. The molecule has 8 aromatic carbocycles. The molecule has 0 aliphatic carbocycles. The Bertz CT molecular complexity index is 3140. The first-order chi connectivity index (χ1) is 26.8. The molecule has 3 heterocycles. The molecule has 4 heteroatoms. The number of hydrogen-bond acceptors (Lipinski definition) is 2. The monoisotopic (exact) mass is 688 g/mol. The molecule has 0 radical (unpaired) electrons. The first-order valence-corrected chi connectivity index (χ1v) is 18.3. The van der Waals surface area contributed by atoms with Gasteiger partial charge in [0, 0.05) is 38.2 Å². The van der Waals surface area contributed by atoms with Crippen molar-refractivity contribution in [2.75, 3.05) is 0 Å². The summed E-state index contributed by atoms with van der Waals surface area (Å²) in [4.78, 5) is 10.8. The Labute approximate surface area is 311 Å². The van der Waals surface area contributed by atoms with Gasteiger partial charge in [-0.05, 0) is 70.8 Å². The molecule has 0 bridgehead atoms. The molecular formula is C50H32N4. The van der Waals surface area contributed by atoms with Crippen molar-refractivity contribution in [1.29, 1.82) is 0 Å². The standard InChI is InChI=1S/C50H32N4/c1-3-13-33(14-4-1)35-23-25-36(26-24-35)49-42-29-27-37(34-15-5-2-6-16-34)31-44(42)51-50(52-49)54-47-22-12-9-19-41(47)43-32-38(28-30-48(43)54)53-45-20-10-7-17-39(45)40-18-8-11-21-46(40)53/h1-32H. The van der Waals surface area contributed by atoms with E-state index in [9.17, 15) is 0 Å². The highest BCUT2D eigenvalue weighted by Crippen LogP contribution is 2.38. The van der Waals surface area contributed by atoms with E-state index in [4.69, 9.17) is 9.97 Å². The fourth-order valence-corrected chi connectivity index (χ4v) is 8.21. The quantitative estimate of drug-likeness (QED) is 0.180. The Kier molecular flexibility index (Phi) is 6.82. The number of aromatic nitrogens is 4. The van der Waals surface area contributed by atoms with Crippen LogP contribution in [0.4, 0.5) is 0 Å². The zero-order valence-electron chi connectivity index (χ0n) is 29.3. The average Bonchev–Trinajstić information content (AvgIpc) is 3.76. The molecule has 0 N–H and O–H groups in total. The lowest BCUT2D eigenvalue weighted by Crippen LogP contribution is -2.04. The molecule has 11 rings (SSSR count). The maximum Gasteiger partial charge on any atom is 0.235 e. The third kappa shape index (κ3) is 4.78. The summed E-state index contributed by atoms with van der Waals surface area (Å²) in [5, 5.41) is 5.82. The molecule has 0 atom stereocenters. The molecule has 0 fully saturated rings. The minimum Gasteiger partial charge on any atom is -0.309 e. The summed E-state index contributed by atoms with van der Waals surface area (Å²) in [5.41, 5.74) is 13.1. The fourth-order valence-electron chi connectivity index (χ4n) is 8.21. The van der Waals surface area contributed by atoms with Gasteiger partial charge in [-0.3, -0.25) is 4.57 Å². The third-order valence-electron chi connectivity index (χ3n) is 10.8. The van der Waals surface area contributed by atoms with E-state index in [1.807, 2.05) is 0 Å².